The third-order valence-electron chi connectivity index (χ3n) is 4.39. The first-order valence-electron chi connectivity index (χ1n) is 8.36. The van der Waals surface area contributed by atoms with Crippen LogP contribution in [0.1, 0.15) is 10.4 Å². The van der Waals surface area contributed by atoms with Gasteiger partial charge in [-0.15, -0.1) is 0 Å². The average Bonchev–Trinajstić information content (AvgIpc) is 2.96. The molecule has 2 aromatic rings. The van der Waals surface area contributed by atoms with Crippen LogP contribution < -0.4 is 5.32 Å². The summed E-state index contributed by atoms with van der Waals surface area (Å²) in [5.74, 6) is -0.0939. The first kappa shape index (κ1) is 15.6. The van der Waals surface area contributed by atoms with E-state index in [0.717, 1.165) is 34.2 Å². The summed E-state index contributed by atoms with van der Waals surface area (Å²) in [4.78, 5) is 22.9. The van der Waals surface area contributed by atoms with Crippen LogP contribution in [0.5, 0.6) is 0 Å². The largest absolute Gasteiger partial charge is 0.352 e. The molecule has 2 aliphatic rings. The molecule has 5 heteroatoms. The van der Waals surface area contributed by atoms with Gasteiger partial charge in [0.1, 0.15) is 0 Å². The first-order valence-corrected chi connectivity index (χ1v) is 8.36. The van der Waals surface area contributed by atoms with Gasteiger partial charge in [0.2, 0.25) is 0 Å². The van der Waals surface area contributed by atoms with Gasteiger partial charge < -0.3 is 15.2 Å². The lowest BCUT2D eigenvalue weighted by atomic mass is 10.1. The predicted molar refractivity (Wildman–Crippen MR) is 101 cm³/mol. The number of fused-ring (bicyclic) bond motifs is 4. The molecule has 0 bridgehead atoms. The van der Waals surface area contributed by atoms with Gasteiger partial charge in [0.25, 0.3) is 5.91 Å². The Morgan fingerprint density at radius 3 is 2.84 bits per heavy atom. The summed E-state index contributed by atoms with van der Waals surface area (Å²) in [6.07, 6.45) is 0. The number of para-hydroxylation sites is 1. The molecule has 1 aliphatic heterocycles. The molecule has 1 heterocycles. The van der Waals surface area contributed by atoms with E-state index in [2.05, 4.69) is 28.5 Å². The van der Waals surface area contributed by atoms with Crippen LogP contribution in [-0.2, 0) is 0 Å². The molecule has 0 unspecified atom stereocenters. The maximum absolute atomic E-state index is 12.6. The van der Waals surface area contributed by atoms with Crippen LogP contribution in [-0.4, -0.2) is 48.0 Å². The van der Waals surface area contributed by atoms with Gasteiger partial charge in [-0.3, -0.25) is 4.79 Å². The van der Waals surface area contributed by atoms with Crippen LogP contribution in [0.2, 0.25) is 0 Å². The Bertz CT molecular complexity index is 1030. The smallest absolute Gasteiger partial charge is 0.253 e. The lowest BCUT2D eigenvalue weighted by Gasteiger charge is -2.12. The zero-order chi connectivity index (χ0) is 17.4. The van der Waals surface area contributed by atoms with Crippen molar-refractivity contribution in [3.05, 3.63) is 54.1 Å². The van der Waals surface area contributed by atoms with Gasteiger partial charge in [0.15, 0.2) is 0 Å². The molecular formula is C20H20N4O. The maximum Gasteiger partial charge on any atom is 0.253 e. The summed E-state index contributed by atoms with van der Waals surface area (Å²) in [6, 6.07) is 15.9. The van der Waals surface area contributed by atoms with Crippen LogP contribution in [0.4, 0.5) is 0 Å². The predicted octanol–water partition coefficient (Wildman–Crippen LogP) is 3.11. The van der Waals surface area contributed by atoms with E-state index in [0.29, 0.717) is 17.6 Å². The standard InChI is InChI=1S/C20H20N4O/c1-24(2)11-10-21-20(25)15-8-5-9-16-19(15)23-18-14-7-4-3-6-13(14)12-17(18)22-16/h3-9,12,22H,10-11H2,1-2H3,(H,21,25). The molecule has 2 aromatic carbocycles. The number of rotatable bonds is 4. The third-order valence-corrected chi connectivity index (χ3v) is 4.39. The van der Waals surface area contributed by atoms with Crippen molar-refractivity contribution in [2.45, 2.75) is 0 Å². The number of carbonyl (C=O) groups excluding carboxylic acids is 1. The van der Waals surface area contributed by atoms with E-state index >= 15 is 0 Å². The van der Waals surface area contributed by atoms with Gasteiger partial charge in [-0.2, -0.15) is 0 Å². The van der Waals surface area contributed by atoms with Crippen molar-refractivity contribution >= 4 is 27.7 Å². The number of amides is 1. The molecule has 2 N–H and O–H groups in total. The average molecular weight is 332 g/mol. The van der Waals surface area contributed by atoms with Crippen LogP contribution in [0.15, 0.2) is 48.5 Å². The summed E-state index contributed by atoms with van der Waals surface area (Å²) in [5, 5.41) is 5.21. The lowest BCUT2D eigenvalue weighted by molar-refractivity contribution is 0.0952. The van der Waals surface area contributed by atoms with Crippen molar-refractivity contribution in [3.63, 3.8) is 0 Å². The van der Waals surface area contributed by atoms with Crippen molar-refractivity contribution in [1.82, 2.24) is 20.2 Å². The molecule has 0 saturated carbocycles. The Labute approximate surface area is 146 Å². The fourth-order valence-corrected chi connectivity index (χ4v) is 3.12. The van der Waals surface area contributed by atoms with Gasteiger partial charge in [-0.05, 0) is 37.7 Å². The van der Waals surface area contributed by atoms with Crippen molar-refractivity contribution < 1.29 is 4.79 Å². The van der Waals surface area contributed by atoms with E-state index in [1.807, 2.05) is 49.3 Å². The molecule has 0 radical (unpaired) electrons. The van der Waals surface area contributed by atoms with Crippen LogP contribution in [0, 0.1) is 0 Å². The number of carbonyl (C=O) groups is 1. The second-order valence-corrected chi connectivity index (χ2v) is 6.49. The summed E-state index contributed by atoms with van der Waals surface area (Å²) >= 11 is 0. The highest BCUT2D eigenvalue weighted by molar-refractivity contribution is 6.07. The number of likely N-dealkylation sites (N-methyl/N-ethyl adjacent to an activating group) is 1. The molecule has 0 spiro atoms. The Kier molecular flexibility index (Phi) is 3.86. The molecule has 4 rings (SSSR count). The topological polar surface area (TPSA) is 61.0 Å². The van der Waals surface area contributed by atoms with E-state index < -0.39 is 0 Å². The SMILES string of the molecule is CN(C)CCNC(=O)c1cccc2[nH]c3cc4ccccc4c-3nc12. The highest BCUT2D eigenvalue weighted by Gasteiger charge is 2.17. The van der Waals surface area contributed by atoms with E-state index in [-0.39, 0.29) is 5.91 Å². The van der Waals surface area contributed by atoms with Crippen LogP contribution >= 0.6 is 0 Å². The van der Waals surface area contributed by atoms with Gasteiger partial charge in [0, 0.05) is 18.5 Å². The fraction of sp³-hybridized carbons (Fsp3) is 0.200. The number of nitrogens with one attached hydrogen (secondary N) is 2. The number of hydrogen-bond acceptors (Lipinski definition) is 3. The normalized spacial score (nSPS) is 11.6. The summed E-state index contributed by atoms with van der Waals surface area (Å²) < 4.78 is 0. The molecule has 0 atom stereocenters. The molecule has 0 saturated heterocycles. The summed E-state index contributed by atoms with van der Waals surface area (Å²) in [6.45, 7) is 1.40. The minimum atomic E-state index is -0.0939. The van der Waals surface area contributed by atoms with E-state index in [9.17, 15) is 4.79 Å². The molecular weight excluding hydrogens is 312 g/mol. The van der Waals surface area contributed by atoms with E-state index in [4.69, 9.17) is 4.98 Å². The minimum absolute atomic E-state index is 0.0939. The third kappa shape index (κ3) is 2.83. The molecule has 1 amide bonds. The Balaban J connectivity index is 1.81. The monoisotopic (exact) mass is 332 g/mol. The van der Waals surface area contributed by atoms with Gasteiger partial charge in [-0.1, -0.05) is 30.3 Å². The molecule has 0 fully saturated rings. The van der Waals surface area contributed by atoms with Crippen LogP contribution in [0.25, 0.3) is 33.2 Å². The Morgan fingerprint density at radius 2 is 2.00 bits per heavy atom. The summed E-state index contributed by atoms with van der Waals surface area (Å²) in [7, 11) is 3.97. The molecule has 5 nitrogen and oxygen atoms in total. The maximum atomic E-state index is 12.6. The van der Waals surface area contributed by atoms with E-state index in [1.54, 1.807) is 0 Å². The number of hydrogen-bond donors (Lipinski definition) is 2. The van der Waals surface area contributed by atoms with Crippen molar-refractivity contribution in [2.24, 2.45) is 0 Å². The number of nitrogens with zero attached hydrogens (tertiary/aromatic N) is 2. The molecule has 126 valence electrons. The quantitative estimate of drug-likeness (QED) is 0.604. The first-order chi connectivity index (χ1) is 12.1. The van der Waals surface area contributed by atoms with Gasteiger partial charge in [-0.25, -0.2) is 4.98 Å². The van der Waals surface area contributed by atoms with Gasteiger partial charge in [0.05, 0.1) is 28.0 Å². The van der Waals surface area contributed by atoms with Crippen molar-refractivity contribution in [2.75, 3.05) is 27.2 Å². The van der Waals surface area contributed by atoms with Crippen molar-refractivity contribution in [3.8, 4) is 11.4 Å². The fourth-order valence-electron chi connectivity index (χ4n) is 3.12. The molecule has 25 heavy (non-hydrogen) atoms. The zero-order valence-corrected chi connectivity index (χ0v) is 14.3. The van der Waals surface area contributed by atoms with Gasteiger partial charge >= 0.3 is 0 Å². The lowest BCUT2D eigenvalue weighted by Crippen LogP contribution is -2.31. The second kappa shape index (κ2) is 6.18. The number of benzene rings is 2. The Morgan fingerprint density at radius 1 is 1.16 bits per heavy atom. The molecule has 0 aromatic heterocycles. The minimum Gasteiger partial charge on any atom is -0.352 e. The number of aromatic nitrogens is 2. The number of H-pyrrole nitrogens is 1. The van der Waals surface area contributed by atoms with E-state index in [1.165, 1.54) is 0 Å². The second-order valence-electron chi connectivity index (χ2n) is 6.49. The molecule has 1 aliphatic carbocycles. The Hall–Kier alpha value is -2.92. The van der Waals surface area contributed by atoms with Crippen LogP contribution in [0.3, 0.4) is 0 Å². The number of aromatic amines is 1. The highest BCUT2D eigenvalue weighted by Crippen LogP contribution is 2.33. The highest BCUT2D eigenvalue weighted by atomic mass is 16.1. The van der Waals surface area contributed by atoms with Crippen molar-refractivity contribution in [1.29, 1.82) is 0 Å². The summed E-state index contributed by atoms with van der Waals surface area (Å²) in [5.41, 5.74) is 4.05. The zero-order valence-electron chi connectivity index (χ0n) is 14.3.